The first kappa shape index (κ1) is 6.18. The van der Waals surface area contributed by atoms with E-state index in [0.29, 0.717) is 5.92 Å². The lowest BCUT2D eigenvalue weighted by atomic mass is 10.1. The minimum Gasteiger partial charge on any atom is -0.299 e. The lowest BCUT2D eigenvalue weighted by molar-refractivity contribution is 0.322. The van der Waals surface area contributed by atoms with Gasteiger partial charge < -0.3 is 0 Å². The molecule has 2 aliphatic heterocycles. The molecule has 2 atom stereocenters. The van der Waals surface area contributed by atoms with E-state index in [1.807, 2.05) is 0 Å². The van der Waals surface area contributed by atoms with Gasteiger partial charge in [0.2, 0.25) is 0 Å². The van der Waals surface area contributed by atoms with E-state index >= 15 is 0 Å². The maximum atomic E-state index is 8.64. The van der Waals surface area contributed by atoms with Gasteiger partial charge in [0.1, 0.15) is 0 Å². The molecule has 0 aromatic carbocycles. The van der Waals surface area contributed by atoms with E-state index in [-0.39, 0.29) is 0 Å². The standard InChI is InChI=1S/C8H12N2/c9-5-7-4-8-2-1-3-10(8)6-7/h7-8H,1-4,6H2/t7-,8-/m1/s1. The Kier molecular flexibility index (Phi) is 1.39. The largest absolute Gasteiger partial charge is 0.299 e. The first-order valence-electron chi connectivity index (χ1n) is 4.04. The van der Waals surface area contributed by atoms with Gasteiger partial charge in [-0.05, 0) is 25.8 Å². The van der Waals surface area contributed by atoms with Gasteiger partial charge in [-0.15, -0.1) is 0 Å². The Hall–Kier alpha value is -0.550. The van der Waals surface area contributed by atoms with Crippen LogP contribution < -0.4 is 0 Å². The van der Waals surface area contributed by atoms with Crippen LogP contribution in [0.2, 0.25) is 0 Å². The maximum absolute atomic E-state index is 8.64. The van der Waals surface area contributed by atoms with Gasteiger partial charge >= 0.3 is 0 Å². The Balaban J connectivity index is 2.01. The van der Waals surface area contributed by atoms with E-state index in [1.54, 1.807) is 0 Å². The van der Waals surface area contributed by atoms with Crippen molar-refractivity contribution in [3.05, 3.63) is 0 Å². The van der Waals surface area contributed by atoms with Crippen LogP contribution in [-0.2, 0) is 0 Å². The number of rotatable bonds is 0. The molecule has 2 saturated heterocycles. The van der Waals surface area contributed by atoms with Gasteiger partial charge in [-0.2, -0.15) is 5.26 Å². The molecule has 2 fully saturated rings. The molecule has 0 saturated carbocycles. The summed E-state index contributed by atoms with van der Waals surface area (Å²) in [5.74, 6) is 0.338. The molecular weight excluding hydrogens is 124 g/mol. The second-order valence-electron chi connectivity index (χ2n) is 3.35. The highest BCUT2D eigenvalue weighted by atomic mass is 15.2. The summed E-state index contributed by atoms with van der Waals surface area (Å²) in [6, 6.07) is 3.12. The molecule has 2 heterocycles. The Labute approximate surface area is 61.4 Å². The normalized spacial score (nSPS) is 39.5. The Bertz CT molecular complexity index is 159. The van der Waals surface area contributed by atoms with Gasteiger partial charge in [-0.1, -0.05) is 0 Å². The van der Waals surface area contributed by atoms with Crippen LogP contribution in [0.25, 0.3) is 0 Å². The predicted octanol–water partition coefficient (Wildman–Crippen LogP) is 0.994. The van der Waals surface area contributed by atoms with Crippen molar-refractivity contribution in [2.75, 3.05) is 13.1 Å². The zero-order valence-corrected chi connectivity index (χ0v) is 6.08. The first-order valence-corrected chi connectivity index (χ1v) is 4.04. The number of nitrogens with zero attached hydrogens (tertiary/aromatic N) is 2. The van der Waals surface area contributed by atoms with Crippen molar-refractivity contribution in [3.8, 4) is 6.07 Å². The van der Waals surface area contributed by atoms with E-state index in [2.05, 4.69) is 11.0 Å². The minimum absolute atomic E-state index is 0.338. The molecule has 54 valence electrons. The fourth-order valence-corrected chi connectivity index (χ4v) is 2.18. The van der Waals surface area contributed by atoms with Crippen LogP contribution in [-0.4, -0.2) is 24.0 Å². The number of hydrogen-bond acceptors (Lipinski definition) is 2. The van der Waals surface area contributed by atoms with Crippen molar-refractivity contribution in [2.45, 2.75) is 25.3 Å². The lowest BCUT2D eigenvalue weighted by Crippen LogP contribution is -2.22. The molecule has 0 amide bonds. The molecule has 2 rings (SSSR count). The highest BCUT2D eigenvalue weighted by molar-refractivity contribution is 4.98. The van der Waals surface area contributed by atoms with Crippen LogP contribution in [0, 0.1) is 17.2 Å². The highest BCUT2D eigenvalue weighted by Gasteiger charge is 2.34. The summed E-state index contributed by atoms with van der Waals surface area (Å²) in [5.41, 5.74) is 0. The molecule has 2 nitrogen and oxygen atoms in total. The quantitative estimate of drug-likeness (QED) is 0.496. The molecule has 0 radical (unpaired) electrons. The summed E-state index contributed by atoms with van der Waals surface area (Å²) >= 11 is 0. The number of nitriles is 1. The van der Waals surface area contributed by atoms with Crippen LogP contribution in [0.3, 0.4) is 0 Å². The van der Waals surface area contributed by atoms with E-state index in [1.165, 1.54) is 19.4 Å². The van der Waals surface area contributed by atoms with Gasteiger partial charge in [0, 0.05) is 12.6 Å². The second-order valence-corrected chi connectivity index (χ2v) is 3.35. The monoisotopic (exact) mass is 136 g/mol. The molecule has 2 aliphatic rings. The van der Waals surface area contributed by atoms with Crippen LogP contribution in [0.1, 0.15) is 19.3 Å². The van der Waals surface area contributed by atoms with Crippen LogP contribution in [0.4, 0.5) is 0 Å². The SMILES string of the molecule is N#C[C@H]1C[C@H]2CCCN2C1. The van der Waals surface area contributed by atoms with E-state index in [9.17, 15) is 0 Å². The van der Waals surface area contributed by atoms with Gasteiger partial charge in [-0.3, -0.25) is 4.90 Å². The summed E-state index contributed by atoms with van der Waals surface area (Å²) in [6.45, 7) is 2.28. The van der Waals surface area contributed by atoms with Crippen LogP contribution >= 0.6 is 0 Å². The predicted molar refractivity (Wildman–Crippen MR) is 38.3 cm³/mol. The fourth-order valence-electron chi connectivity index (χ4n) is 2.18. The first-order chi connectivity index (χ1) is 4.90. The van der Waals surface area contributed by atoms with Gasteiger partial charge in [0.25, 0.3) is 0 Å². The topological polar surface area (TPSA) is 27.0 Å². The van der Waals surface area contributed by atoms with E-state index in [0.717, 1.165) is 19.0 Å². The highest BCUT2D eigenvalue weighted by Crippen LogP contribution is 2.30. The molecule has 0 aliphatic carbocycles. The lowest BCUT2D eigenvalue weighted by Gasteiger charge is -2.11. The van der Waals surface area contributed by atoms with Crippen LogP contribution in [0.5, 0.6) is 0 Å². The molecule has 10 heavy (non-hydrogen) atoms. The zero-order chi connectivity index (χ0) is 6.97. The van der Waals surface area contributed by atoms with Crippen molar-refractivity contribution in [1.29, 1.82) is 5.26 Å². The van der Waals surface area contributed by atoms with Gasteiger partial charge in [-0.25, -0.2) is 0 Å². The molecule has 0 aromatic rings. The maximum Gasteiger partial charge on any atom is 0.0669 e. The smallest absolute Gasteiger partial charge is 0.0669 e. The Morgan fingerprint density at radius 2 is 2.40 bits per heavy atom. The van der Waals surface area contributed by atoms with E-state index in [4.69, 9.17) is 5.26 Å². The van der Waals surface area contributed by atoms with E-state index < -0.39 is 0 Å². The Morgan fingerprint density at radius 1 is 1.50 bits per heavy atom. The van der Waals surface area contributed by atoms with Gasteiger partial charge in [0.05, 0.1) is 12.0 Å². The number of fused-ring (bicyclic) bond motifs is 1. The summed E-state index contributed by atoms with van der Waals surface area (Å²) < 4.78 is 0. The summed E-state index contributed by atoms with van der Waals surface area (Å²) in [7, 11) is 0. The minimum atomic E-state index is 0.338. The fraction of sp³-hybridized carbons (Fsp3) is 0.875. The summed E-state index contributed by atoms with van der Waals surface area (Å²) in [4.78, 5) is 2.47. The molecule has 2 heteroatoms. The molecular formula is C8H12N2. The average Bonchev–Trinajstić information content (AvgIpc) is 2.42. The average molecular weight is 136 g/mol. The van der Waals surface area contributed by atoms with Crippen LogP contribution in [0.15, 0.2) is 0 Å². The molecule has 0 bridgehead atoms. The molecule has 0 N–H and O–H groups in total. The van der Waals surface area contributed by atoms with Crippen molar-refractivity contribution in [2.24, 2.45) is 5.92 Å². The third kappa shape index (κ3) is 0.819. The van der Waals surface area contributed by atoms with Crippen molar-refractivity contribution < 1.29 is 0 Å². The van der Waals surface area contributed by atoms with Crippen molar-refractivity contribution in [1.82, 2.24) is 4.90 Å². The zero-order valence-electron chi connectivity index (χ0n) is 6.08. The molecule has 0 spiro atoms. The van der Waals surface area contributed by atoms with Crippen molar-refractivity contribution in [3.63, 3.8) is 0 Å². The molecule has 0 unspecified atom stereocenters. The van der Waals surface area contributed by atoms with Gasteiger partial charge in [0.15, 0.2) is 0 Å². The summed E-state index contributed by atoms with van der Waals surface area (Å²) in [6.07, 6.45) is 3.82. The number of hydrogen-bond donors (Lipinski definition) is 0. The Morgan fingerprint density at radius 3 is 3.10 bits per heavy atom. The summed E-state index contributed by atoms with van der Waals surface area (Å²) in [5, 5.41) is 8.64. The third-order valence-corrected chi connectivity index (χ3v) is 2.69. The third-order valence-electron chi connectivity index (χ3n) is 2.69. The van der Waals surface area contributed by atoms with Crippen molar-refractivity contribution >= 4 is 0 Å². The molecule has 0 aromatic heterocycles. The second kappa shape index (κ2) is 2.25.